The van der Waals surface area contributed by atoms with Gasteiger partial charge in [0.15, 0.2) is 0 Å². The molecule has 130 valence electrons. The van der Waals surface area contributed by atoms with Crippen molar-refractivity contribution in [1.82, 2.24) is 10.2 Å². The Morgan fingerprint density at radius 2 is 2.00 bits per heavy atom. The summed E-state index contributed by atoms with van der Waals surface area (Å²) in [7, 11) is 0. The smallest absolute Gasteiger partial charge is 0.119 e. The van der Waals surface area contributed by atoms with Crippen LogP contribution in [0.5, 0.6) is 5.75 Å². The molecular formula is C20H28N2O2. The van der Waals surface area contributed by atoms with Gasteiger partial charge in [0.1, 0.15) is 5.75 Å². The van der Waals surface area contributed by atoms with Crippen LogP contribution in [-0.2, 0) is 11.8 Å². The zero-order valence-electron chi connectivity index (χ0n) is 14.3. The molecule has 4 nitrogen and oxygen atoms in total. The molecular weight excluding hydrogens is 300 g/mol. The van der Waals surface area contributed by atoms with Crippen molar-refractivity contribution in [3.8, 4) is 5.75 Å². The molecule has 2 saturated heterocycles. The monoisotopic (exact) mass is 328 g/mol. The van der Waals surface area contributed by atoms with E-state index < -0.39 is 5.60 Å². The highest BCUT2D eigenvalue weighted by atomic mass is 16.3. The number of nitrogens with zero attached hydrogens (tertiary/aromatic N) is 1. The molecule has 1 aromatic rings. The number of likely N-dealkylation sites (tertiary alicyclic amines) is 1. The number of piperidine rings is 1. The van der Waals surface area contributed by atoms with Gasteiger partial charge in [0.25, 0.3) is 0 Å². The number of aliphatic hydroxyl groups is 1. The predicted octanol–water partition coefficient (Wildman–Crippen LogP) is 1.78. The maximum absolute atomic E-state index is 12.0. The third-order valence-corrected chi connectivity index (χ3v) is 7.27. The molecule has 0 radical (unpaired) electrons. The van der Waals surface area contributed by atoms with Crippen LogP contribution in [0, 0.1) is 5.92 Å². The molecule has 3 N–H and O–H groups in total. The number of benzene rings is 1. The maximum atomic E-state index is 12.0. The number of hydrogen-bond donors (Lipinski definition) is 3. The van der Waals surface area contributed by atoms with Crippen LogP contribution in [0.3, 0.4) is 0 Å². The largest absolute Gasteiger partial charge is 0.508 e. The van der Waals surface area contributed by atoms with Crippen molar-refractivity contribution in [1.29, 1.82) is 0 Å². The fourth-order valence-corrected chi connectivity index (χ4v) is 5.91. The van der Waals surface area contributed by atoms with E-state index in [1.807, 2.05) is 12.1 Å². The second-order valence-electron chi connectivity index (χ2n) is 8.48. The molecule has 5 rings (SSSR count). The molecule has 2 aliphatic carbocycles. The van der Waals surface area contributed by atoms with E-state index in [-0.39, 0.29) is 11.5 Å². The number of nitrogens with one attached hydrogen (secondary N) is 1. The molecule has 1 aromatic carbocycles. The van der Waals surface area contributed by atoms with Gasteiger partial charge >= 0.3 is 0 Å². The van der Waals surface area contributed by atoms with Crippen molar-refractivity contribution >= 4 is 0 Å². The van der Waals surface area contributed by atoms with Gasteiger partial charge in [0.05, 0.1) is 5.60 Å². The summed E-state index contributed by atoms with van der Waals surface area (Å²) in [5, 5.41) is 26.2. The Morgan fingerprint density at radius 1 is 1.17 bits per heavy atom. The van der Waals surface area contributed by atoms with Crippen LogP contribution in [0.4, 0.5) is 0 Å². The maximum Gasteiger partial charge on any atom is 0.119 e. The van der Waals surface area contributed by atoms with Crippen molar-refractivity contribution in [3.05, 3.63) is 29.3 Å². The Hall–Kier alpha value is -1.10. The van der Waals surface area contributed by atoms with Gasteiger partial charge in [-0.3, -0.25) is 4.90 Å². The van der Waals surface area contributed by atoms with Crippen molar-refractivity contribution in [2.45, 2.75) is 55.6 Å². The summed E-state index contributed by atoms with van der Waals surface area (Å²) in [6.07, 6.45) is 6.24. The molecule has 4 heteroatoms. The summed E-state index contributed by atoms with van der Waals surface area (Å²) in [6, 6.07) is 6.14. The lowest BCUT2D eigenvalue weighted by Gasteiger charge is -2.61. The first-order chi connectivity index (χ1) is 11.6. The fourth-order valence-electron chi connectivity index (χ4n) is 5.91. The van der Waals surface area contributed by atoms with Gasteiger partial charge in [0.2, 0.25) is 0 Å². The Balaban J connectivity index is 1.66. The second-order valence-corrected chi connectivity index (χ2v) is 8.48. The van der Waals surface area contributed by atoms with Gasteiger partial charge in [-0.15, -0.1) is 0 Å². The molecule has 2 heterocycles. The molecule has 0 spiro atoms. The number of phenols is 1. The highest BCUT2D eigenvalue weighted by Crippen LogP contribution is 2.57. The molecule has 0 unspecified atom stereocenters. The van der Waals surface area contributed by atoms with Crippen LogP contribution < -0.4 is 5.32 Å². The molecule has 1 saturated carbocycles. The van der Waals surface area contributed by atoms with E-state index in [4.69, 9.17) is 0 Å². The number of aromatic hydroxyl groups is 1. The average Bonchev–Trinajstić information content (AvgIpc) is 3.37. The number of fused-ring (bicyclic) bond motifs is 1. The first-order valence-corrected chi connectivity index (χ1v) is 9.62. The van der Waals surface area contributed by atoms with Crippen LogP contribution in [0.1, 0.15) is 43.2 Å². The van der Waals surface area contributed by atoms with Gasteiger partial charge in [-0.25, -0.2) is 0 Å². The van der Waals surface area contributed by atoms with Crippen LogP contribution >= 0.6 is 0 Å². The summed E-state index contributed by atoms with van der Waals surface area (Å²) in [5.41, 5.74) is 1.29. The number of hydrogen-bond acceptors (Lipinski definition) is 4. The first-order valence-electron chi connectivity index (χ1n) is 9.62. The zero-order chi connectivity index (χ0) is 16.4. The van der Waals surface area contributed by atoms with Crippen molar-refractivity contribution in [3.63, 3.8) is 0 Å². The fraction of sp³-hybridized carbons (Fsp3) is 0.700. The van der Waals surface area contributed by atoms with E-state index >= 15 is 0 Å². The summed E-state index contributed by atoms with van der Waals surface area (Å²) >= 11 is 0. The quantitative estimate of drug-likeness (QED) is 0.775. The lowest BCUT2D eigenvalue weighted by molar-refractivity contribution is -0.149. The van der Waals surface area contributed by atoms with E-state index in [2.05, 4.69) is 16.3 Å². The van der Waals surface area contributed by atoms with Crippen LogP contribution in [0.2, 0.25) is 0 Å². The van der Waals surface area contributed by atoms with Gasteiger partial charge in [-0.2, -0.15) is 0 Å². The van der Waals surface area contributed by atoms with Gasteiger partial charge in [-0.1, -0.05) is 12.1 Å². The molecule has 2 aliphatic heterocycles. The van der Waals surface area contributed by atoms with Gasteiger partial charge in [0, 0.05) is 23.6 Å². The minimum absolute atomic E-state index is 0.195. The Kier molecular flexibility index (Phi) is 3.29. The molecule has 3 atom stereocenters. The minimum atomic E-state index is -0.727. The summed E-state index contributed by atoms with van der Waals surface area (Å²) in [4.78, 5) is 2.58. The lowest BCUT2D eigenvalue weighted by atomic mass is 9.52. The highest BCUT2D eigenvalue weighted by molar-refractivity contribution is 5.52. The lowest BCUT2D eigenvalue weighted by Crippen LogP contribution is -2.71. The van der Waals surface area contributed by atoms with Crippen molar-refractivity contribution in [2.24, 2.45) is 5.92 Å². The zero-order valence-corrected chi connectivity index (χ0v) is 14.3. The van der Waals surface area contributed by atoms with Crippen LogP contribution in [0.15, 0.2) is 18.2 Å². The molecule has 2 bridgehead atoms. The normalized spacial score (nSPS) is 39.0. The third-order valence-electron chi connectivity index (χ3n) is 7.27. The molecule has 3 fully saturated rings. The van der Waals surface area contributed by atoms with Crippen molar-refractivity contribution < 1.29 is 10.2 Å². The minimum Gasteiger partial charge on any atom is -0.508 e. The molecule has 0 aromatic heterocycles. The highest BCUT2D eigenvalue weighted by Gasteiger charge is 2.63. The average molecular weight is 328 g/mol. The van der Waals surface area contributed by atoms with Crippen molar-refractivity contribution in [2.75, 3.05) is 26.2 Å². The first kappa shape index (κ1) is 15.2. The number of phenolic OH excluding ortho intramolecular Hbond substituents is 1. The molecule has 0 amide bonds. The SMILES string of the molecule is Oc1cccc2c1[C@@]13CCNCC[C@@]1(O)[C@@H](C2)N(CC1CC1)CC3. The van der Waals surface area contributed by atoms with Gasteiger partial charge in [-0.05, 0) is 75.7 Å². The molecule has 4 aliphatic rings. The number of rotatable bonds is 2. The summed E-state index contributed by atoms with van der Waals surface area (Å²) in [5.74, 6) is 1.23. The topological polar surface area (TPSA) is 55.7 Å². The van der Waals surface area contributed by atoms with E-state index in [1.165, 1.54) is 18.4 Å². The van der Waals surface area contributed by atoms with Crippen LogP contribution in [0.25, 0.3) is 0 Å². The van der Waals surface area contributed by atoms with E-state index in [0.29, 0.717) is 5.75 Å². The Morgan fingerprint density at radius 3 is 2.83 bits per heavy atom. The van der Waals surface area contributed by atoms with E-state index in [9.17, 15) is 10.2 Å². The standard InChI is InChI=1S/C20H28N2O2/c23-16-3-1-2-15-12-17-20(24)7-10-21-9-6-19(20,18(15)16)8-11-22(17)13-14-4-5-14/h1-3,14,17,21,23-24H,4-13H2/t17-,19+,20-/m1/s1. The third kappa shape index (κ3) is 1.97. The van der Waals surface area contributed by atoms with E-state index in [0.717, 1.165) is 63.3 Å². The Bertz CT molecular complexity index is 659. The van der Waals surface area contributed by atoms with E-state index in [1.54, 1.807) is 0 Å². The summed E-state index contributed by atoms with van der Waals surface area (Å²) < 4.78 is 0. The summed E-state index contributed by atoms with van der Waals surface area (Å²) in [6.45, 7) is 3.99. The second kappa shape index (κ2) is 5.20. The van der Waals surface area contributed by atoms with Crippen LogP contribution in [-0.4, -0.2) is 52.9 Å². The predicted molar refractivity (Wildman–Crippen MR) is 93.2 cm³/mol. The van der Waals surface area contributed by atoms with Gasteiger partial charge < -0.3 is 15.5 Å². The Labute approximate surface area is 143 Å². The molecule has 24 heavy (non-hydrogen) atoms.